The molecular formula is C22H28N4O3. The number of amides is 1. The molecule has 2 rings (SSSR count). The number of hydrogen-bond acceptors (Lipinski definition) is 4. The van der Waals surface area contributed by atoms with E-state index in [1.165, 1.54) is 0 Å². The lowest BCUT2D eigenvalue weighted by molar-refractivity contribution is -0.123. The number of guanidine groups is 1. The Kier molecular flexibility index (Phi) is 7.77. The number of carbonyl (C=O) groups is 2. The fourth-order valence-corrected chi connectivity index (χ4v) is 2.77. The molecule has 2 aromatic rings. The van der Waals surface area contributed by atoms with E-state index in [0.29, 0.717) is 23.4 Å². The van der Waals surface area contributed by atoms with Crippen LogP contribution in [0.25, 0.3) is 0 Å². The lowest BCUT2D eigenvalue weighted by atomic mass is 9.95. The van der Waals surface area contributed by atoms with Crippen molar-refractivity contribution in [2.45, 2.75) is 45.6 Å². The molecule has 2 unspecified atom stereocenters. The Morgan fingerprint density at radius 1 is 1.00 bits per heavy atom. The van der Waals surface area contributed by atoms with Crippen LogP contribution in [0.1, 0.15) is 55.5 Å². The van der Waals surface area contributed by atoms with Crippen molar-refractivity contribution in [3.63, 3.8) is 0 Å². The normalized spacial score (nSPS) is 12.5. The standard InChI is InChI=1S/C22H28N4O3/c1-4-14(3)25-20(27)19(5-2)15-8-12-18(13-9-15)29-21(28)16-6-10-17(11-7-16)26-22(23)24/h6-14,19H,4-5H2,1-3H3,(H,25,27)(H4,23,24,26). The molecule has 0 saturated carbocycles. The fraction of sp³-hybridized carbons (Fsp3) is 0.318. The molecule has 0 saturated heterocycles. The molecule has 0 spiro atoms. The zero-order chi connectivity index (χ0) is 21.4. The highest BCUT2D eigenvalue weighted by Crippen LogP contribution is 2.23. The molecule has 7 heteroatoms. The van der Waals surface area contributed by atoms with Gasteiger partial charge in [0.1, 0.15) is 5.75 Å². The van der Waals surface area contributed by atoms with Gasteiger partial charge < -0.3 is 21.5 Å². The summed E-state index contributed by atoms with van der Waals surface area (Å²) >= 11 is 0. The van der Waals surface area contributed by atoms with E-state index >= 15 is 0 Å². The van der Waals surface area contributed by atoms with Crippen LogP contribution in [0, 0.1) is 0 Å². The molecule has 5 N–H and O–H groups in total. The zero-order valence-corrected chi connectivity index (χ0v) is 17.0. The summed E-state index contributed by atoms with van der Waals surface area (Å²) in [5, 5.41) is 3.01. The number of ether oxygens (including phenoxy) is 1. The molecule has 154 valence electrons. The first-order valence-corrected chi connectivity index (χ1v) is 9.66. The highest BCUT2D eigenvalue weighted by Gasteiger charge is 2.20. The summed E-state index contributed by atoms with van der Waals surface area (Å²) in [5.41, 5.74) is 12.5. The summed E-state index contributed by atoms with van der Waals surface area (Å²) in [5.74, 6) is -0.368. The Balaban J connectivity index is 2.05. The van der Waals surface area contributed by atoms with Gasteiger partial charge in [-0.15, -0.1) is 0 Å². The molecule has 0 radical (unpaired) electrons. The van der Waals surface area contributed by atoms with Crippen molar-refractivity contribution in [3.8, 4) is 5.75 Å². The lowest BCUT2D eigenvalue weighted by Crippen LogP contribution is -2.35. The van der Waals surface area contributed by atoms with E-state index in [2.05, 4.69) is 10.3 Å². The minimum absolute atomic E-state index is 0.00691. The molecule has 0 aliphatic rings. The predicted molar refractivity (Wildman–Crippen MR) is 114 cm³/mol. The van der Waals surface area contributed by atoms with E-state index < -0.39 is 5.97 Å². The van der Waals surface area contributed by atoms with Crippen molar-refractivity contribution in [1.82, 2.24) is 5.32 Å². The second-order valence-corrected chi connectivity index (χ2v) is 6.82. The first-order chi connectivity index (χ1) is 13.8. The maximum atomic E-state index is 12.5. The predicted octanol–water partition coefficient (Wildman–Crippen LogP) is 3.22. The molecule has 0 fully saturated rings. The van der Waals surface area contributed by atoms with Gasteiger partial charge in [0.15, 0.2) is 5.96 Å². The van der Waals surface area contributed by atoms with Crippen molar-refractivity contribution in [2.75, 3.05) is 0 Å². The van der Waals surface area contributed by atoms with Gasteiger partial charge >= 0.3 is 5.97 Å². The Labute approximate surface area is 171 Å². The Morgan fingerprint density at radius 2 is 1.62 bits per heavy atom. The van der Waals surface area contributed by atoms with Gasteiger partial charge in [-0.1, -0.05) is 26.0 Å². The van der Waals surface area contributed by atoms with Gasteiger partial charge in [0.05, 0.1) is 17.2 Å². The second kappa shape index (κ2) is 10.3. The van der Waals surface area contributed by atoms with Crippen LogP contribution in [-0.2, 0) is 4.79 Å². The van der Waals surface area contributed by atoms with Crippen LogP contribution in [0.15, 0.2) is 53.5 Å². The topological polar surface area (TPSA) is 120 Å². The van der Waals surface area contributed by atoms with Gasteiger partial charge in [0, 0.05) is 6.04 Å². The van der Waals surface area contributed by atoms with E-state index in [1.807, 2.05) is 32.9 Å². The number of nitrogens with one attached hydrogen (secondary N) is 1. The summed E-state index contributed by atoms with van der Waals surface area (Å²) in [6.45, 7) is 5.99. The van der Waals surface area contributed by atoms with E-state index in [1.54, 1.807) is 36.4 Å². The van der Waals surface area contributed by atoms with Crippen LogP contribution in [0.3, 0.4) is 0 Å². The van der Waals surface area contributed by atoms with Gasteiger partial charge in [0.25, 0.3) is 0 Å². The summed E-state index contributed by atoms with van der Waals surface area (Å²) in [4.78, 5) is 28.7. The molecule has 0 heterocycles. The molecule has 0 aromatic heterocycles. The summed E-state index contributed by atoms with van der Waals surface area (Å²) < 4.78 is 5.41. The van der Waals surface area contributed by atoms with Crippen molar-refractivity contribution in [2.24, 2.45) is 16.5 Å². The van der Waals surface area contributed by atoms with Gasteiger partial charge in [0.2, 0.25) is 5.91 Å². The monoisotopic (exact) mass is 396 g/mol. The first kappa shape index (κ1) is 21.9. The molecule has 0 aliphatic carbocycles. The first-order valence-electron chi connectivity index (χ1n) is 9.66. The second-order valence-electron chi connectivity index (χ2n) is 6.82. The number of nitrogens with zero attached hydrogens (tertiary/aromatic N) is 1. The van der Waals surface area contributed by atoms with Crippen LogP contribution < -0.4 is 21.5 Å². The van der Waals surface area contributed by atoms with Crippen LogP contribution in [0.4, 0.5) is 5.69 Å². The summed E-state index contributed by atoms with van der Waals surface area (Å²) in [7, 11) is 0. The van der Waals surface area contributed by atoms with Crippen LogP contribution in [0.2, 0.25) is 0 Å². The van der Waals surface area contributed by atoms with Crippen molar-refractivity contribution >= 4 is 23.5 Å². The molecular weight excluding hydrogens is 368 g/mol. The molecule has 2 atom stereocenters. The number of rotatable bonds is 8. The Bertz CT molecular complexity index is 857. The van der Waals surface area contributed by atoms with Crippen molar-refractivity contribution in [3.05, 3.63) is 59.7 Å². The number of carbonyl (C=O) groups excluding carboxylic acids is 2. The van der Waals surface area contributed by atoms with Gasteiger partial charge in [-0.05, 0) is 61.7 Å². The molecule has 0 bridgehead atoms. The van der Waals surface area contributed by atoms with Crippen LogP contribution in [0.5, 0.6) is 5.75 Å². The number of esters is 1. The third kappa shape index (κ3) is 6.34. The van der Waals surface area contributed by atoms with Gasteiger partial charge in [-0.25, -0.2) is 9.79 Å². The zero-order valence-electron chi connectivity index (χ0n) is 17.0. The number of hydrogen-bond donors (Lipinski definition) is 3. The van der Waals surface area contributed by atoms with Crippen LogP contribution in [-0.4, -0.2) is 23.9 Å². The minimum Gasteiger partial charge on any atom is -0.423 e. The number of benzene rings is 2. The molecule has 2 aromatic carbocycles. The smallest absolute Gasteiger partial charge is 0.343 e. The Hall–Kier alpha value is -3.35. The van der Waals surface area contributed by atoms with Crippen molar-refractivity contribution < 1.29 is 14.3 Å². The highest BCUT2D eigenvalue weighted by molar-refractivity contribution is 5.91. The average molecular weight is 396 g/mol. The third-order valence-corrected chi connectivity index (χ3v) is 4.58. The third-order valence-electron chi connectivity index (χ3n) is 4.58. The molecule has 0 aliphatic heterocycles. The molecule has 1 amide bonds. The minimum atomic E-state index is -0.490. The van der Waals surface area contributed by atoms with Crippen molar-refractivity contribution in [1.29, 1.82) is 0 Å². The summed E-state index contributed by atoms with van der Waals surface area (Å²) in [6, 6.07) is 13.6. The lowest BCUT2D eigenvalue weighted by Gasteiger charge is -2.19. The van der Waals surface area contributed by atoms with Crippen LogP contribution >= 0.6 is 0 Å². The van der Waals surface area contributed by atoms with Gasteiger partial charge in [-0.2, -0.15) is 0 Å². The molecule has 29 heavy (non-hydrogen) atoms. The van der Waals surface area contributed by atoms with E-state index in [-0.39, 0.29) is 23.8 Å². The number of nitrogens with two attached hydrogens (primary N) is 2. The summed E-state index contributed by atoms with van der Waals surface area (Å²) in [6.07, 6.45) is 1.56. The highest BCUT2D eigenvalue weighted by atomic mass is 16.5. The van der Waals surface area contributed by atoms with E-state index in [0.717, 1.165) is 12.0 Å². The largest absolute Gasteiger partial charge is 0.423 e. The van der Waals surface area contributed by atoms with Gasteiger partial charge in [-0.3, -0.25) is 4.79 Å². The molecule has 7 nitrogen and oxygen atoms in total. The maximum absolute atomic E-state index is 12.5. The average Bonchev–Trinajstić information content (AvgIpc) is 2.69. The van der Waals surface area contributed by atoms with E-state index in [4.69, 9.17) is 16.2 Å². The van der Waals surface area contributed by atoms with E-state index in [9.17, 15) is 9.59 Å². The number of aliphatic imine (C=N–C) groups is 1. The Morgan fingerprint density at radius 3 is 2.14 bits per heavy atom. The maximum Gasteiger partial charge on any atom is 0.343 e. The quantitative estimate of drug-likeness (QED) is 0.274. The SMILES string of the molecule is CCC(C)NC(=O)C(CC)c1ccc(OC(=O)c2ccc(N=C(N)N)cc2)cc1. The fourth-order valence-electron chi connectivity index (χ4n) is 2.77.